The second-order valence-corrected chi connectivity index (χ2v) is 10.3. The minimum absolute atomic E-state index is 0.0430. The van der Waals surface area contributed by atoms with Crippen LogP contribution in [0, 0.1) is 0 Å². The molecule has 210 valence electrons. The van der Waals surface area contributed by atoms with E-state index >= 15 is 0 Å². The van der Waals surface area contributed by atoms with Crippen LogP contribution in [0.5, 0.6) is 17.2 Å². The number of carbonyl (C=O) groups excluding carboxylic acids is 2. The van der Waals surface area contributed by atoms with Gasteiger partial charge in [-0.3, -0.25) is 14.6 Å². The Morgan fingerprint density at radius 2 is 2.02 bits per heavy atom. The third-order valence-corrected chi connectivity index (χ3v) is 7.39. The number of unbranched alkanes of at least 4 members (excludes halogenated alkanes) is 1. The molecule has 40 heavy (non-hydrogen) atoms. The maximum Gasteiger partial charge on any atom is 0.295 e. The number of benzene rings is 2. The number of carbonyl (C=O) groups is 2. The van der Waals surface area contributed by atoms with Crippen LogP contribution in [0.25, 0.3) is 5.76 Å². The van der Waals surface area contributed by atoms with E-state index in [1.165, 1.54) is 0 Å². The van der Waals surface area contributed by atoms with Crippen LogP contribution in [0.1, 0.15) is 55.8 Å². The molecule has 2 N–H and O–H groups in total. The molecule has 2 aliphatic heterocycles. The van der Waals surface area contributed by atoms with E-state index in [4.69, 9.17) is 14.2 Å². The summed E-state index contributed by atoms with van der Waals surface area (Å²) in [5, 5.41) is 11.5. The zero-order valence-corrected chi connectivity index (χ0v) is 23.2. The molecule has 0 saturated carbocycles. The lowest BCUT2D eigenvalue weighted by atomic mass is 9.94. The van der Waals surface area contributed by atoms with E-state index in [2.05, 4.69) is 11.9 Å². The Kier molecular flexibility index (Phi) is 8.09. The minimum Gasteiger partial charge on any atom is -0.507 e. The largest absolute Gasteiger partial charge is 0.507 e. The molecule has 9 heteroatoms. The number of amides is 1. The maximum absolute atomic E-state index is 13.5. The average molecular weight is 547 g/mol. The summed E-state index contributed by atoms with van der Waals surface area (Å²) in [6, 6.07) is 10.0. The zero-order chi connectivity index (χ0) is 28.2. The van der Waals surface area contributed by atoms with Gasteiger partial charge < -0.3 is 24.2 Å². The monoisotopic (exact) mass is 546 g/mol. The molecule has 5 rings (SSSR count). The highest BCUT2D eigenvalue weighted by atomic mass is 16.5. The Balaban J connectivity index is 1.53. The number of ketones is 1. The Morgan fingerprint density at radius 1 is 1.18 bits per heavy atom. The number of nitrogens with one attached hydrogen (secondary N) is 1. The lowest BCUT2D eigenvalue weighted by Gasteiger charge is -2.26. The summed E-state index contributed by atoms with van der Waals surface area (Å²) in [6.45, 7) is 5.63. The normalized spacial score (nSPS) is 19.5. The molecule has 1 aromatic heterocycles. The Bertz CT molecular complexity index is 1410. The lowest BCUT2D eigenvalue weighted by Crippen LogP contribution is -2.36. The SMILES string of the molecule is CCCCOc1ccc(C2C(=C(O)c3ccc4c(c3)CC(C)O4)C(=O)C(=O)N2CCC[n+]2cc[nH]c2)cc1OC. The van der Waals surface area contributed by atoms with Crippen molar-refractivity contribution in [1.29, 1.82) is 0 Å². The Morgan fingerprint density at radius 3 is 2.77 bits per heavy atom. The minimum atomic E-state index is -0.779. The predicted octanol–water partition coefficient (Wildman–Crippen LogP) is 4.33. The van der Waals surface area contributed by atoms with E-state index in [9.17, 15) is 14.7 Å². The molecule has 0 bridgehead atoms. The number of aliphatic hydroxyl groups excluding tert-OH is 1. The number of ether oxygens (including phenoxy) is 3. The third-order valence-electron chi connectivity index (χ3n) is 7.39. The fraction of sp³-hybridized carbons (Fsp3) is 0.387. The average Bonchev–Trinajstić information content (AvgIpc) is 3.67. The van der Waals surface area contributed by atoms with Gasteiger partial charge in [-0.15, -0.1) is 0 Å². The molecule has 9 nitrogen and oxygen atoms in total. The number of methoxy groups -OCH3 is 1. The zero-order valence-electron chi connectivity index (χ0n) is 23.2. The number of Topliss-reactive ketones (excluding diaryl/α,β-unsaturated/α-hetero) is 1. The Hall–Kier alpha value is -4.27. The van der Waals surface area contributed by atoms with Crippen LogP contribution in [-0.4, -0.2) is 53.0 Å². The molecular weight excluding hydrogens is 510 g/mol. The van der Waals surface area contributed by atoms with Crippen LogP contribution in [0.15, 0.2) is 60.7 Å². The number of aliphatic hydroxyl groups is 1. The van der Waals surface area contributed by atoms with Crippen LogP contribution >= 0.6 is 0 Å². The number of aryl methyl sites for hydroxylation is 1. The van der Waals surface area contributed by atoms with Crippen LogP contribution in [0.3, 0.4) is 0 Å². The van der Waals surface area contributed by atoms with Crippen molar-refractivity contribution in [3.05, 3.63) is 77.4 Å². The van der Waals surface area contributed by atoms with E-state index < -0.39 is 17.7 Å². The summed E-state index contributed by atoms with van der Waals surface area (Å²) >= 11 is 0. The van der Waals surface area contributed by atoms with Gasteiger partial charge in [-0.1, -0.05) is 19.4 Å². The van der Waals surface area contributed by atoms with Crippen LogP contribution in [-0.2, 0) is 22.6 Å². The molecule has 1 fully saturated rings. The topological polar surface area (TPSA) is 105 Å². The van der Waals surface area contributed by atoms with Gasteiger partial charge in [0.2, 0.25) is 6.33 Å². The highest BCUT2D eigenvalue weighted by molar-refractivity contribution is 6.46. The molecule has 0 spiro atoms. The van der Waals surface area contributed by atoms with Crippen molar-refractivity contribution in [3.63, 3.8) is 0 Å². The fourth-order valence-electron chi connectivity index (χ4n) is 5.37. The number of hydrogen-bond donors (Lipinski definition) is 2. The quantitative estimate of drug-likeness (QED) is 0.122. The molecule has 2 aromatic carbocycles. The number of aromatic amines is 1. The van der Waals surface area contributed by atoms with Crippen molar-refractivity contribution in [2.75, 3.05) is 20.3 Å². The maximum atomic E-state index is 13.5. The van der Waals surface area contributed by atoms with Gasteiger partial charge in [0, 0.05) is 24.9 Å². The fourth-order valence-corrected chi connectivity index (χ4v) is 5.37. The van der Waals surface area contributed by atoms with Gasteiger partial charge in [-0.05, 0) is 54.8 Å². The summed E-state index contributed by atoms with van der Waals surface area (Å²) < 4.78 is 19.3. The van der Waals surface area contributed by atoms with E-state index in [1.807, 2.05) is 42.3 Å². The van der Waals surface area contributed by atoms with Crippen molar-refractivity contribution in [3.8, 4) is 17.2 Å². The van der Waals surface area contributed by atoms with Gasteiger partial charge in [-0.25, -0.2) is 4.57 Å². The van der Waals surface area contributed by atoms with E-state index in [1.54, 1.807) is 36.3 Å². The number of aromatic nitrogens is 2. The van der Waals surface area contributed by atoms with E-state index in [0.717, 1.165) is 24.2 Å². The van der Waals surface area contributed by atoms with Gasteiger partial charge in [0.05, 0.1) is 31.9 Å². The van der Waals surface area contributed by atoms with E-state index in [-0.39, 0.29) is 17.4 Å². The van der Waals surface area contributed by atoms with Crippen molar-refractivity contribution < 1.29 is 33.5 Å². The number of likely N-dealkylation sites (tertiary alicyclic amines) is 1. The highest BCUT2D eigenvalue weighted by Gasteiger charge is 2.46. The van der Waals surface area contributed by atoms with E-state index in [0.29, 0.717) is 55.2 Å². The second kappa shape index (κ2) is 11.9. The standard InChI is InChI=1S/C31H35N3O6/c1-4-5-15-39-25-10-7-21(18-26(25)38-3)28-27(29(35)22-8-9-24-23(17-22)16-20(2)40-24)30(36)31(37)34(28)13-6-12-33-14-11-32-19-33/h7-11,14,17-20,28H,4-6,12-13,15-16H2,1-3H3,(H,35,36)/p+1. The van der Waals surface area contributed by atoms with Crippen LogP contribution in [0.2, 0.25) is 0 Å². The van der Waals surface area contributed by atoms with Crippen LogP contribution < -0.4 is 18.8 Å². The van der Waals surface area contributed by atoms with Gasteiger partial charge in [-0.2, -0.15) is 0 Å². The van der Waals surface area contributed by atoms with Crippen molar-refractivity contribution >= 4 is 17.4 Å². The molecule has 2 aliphatic rings. The smallest absolute Gasteiger partial charge is 0.295 e. The number of rotatable bonds is 11. The first kappa shape index (κ1) is 27.3. The summed E-state index contributed by atoms with van der Waals surface area (Å²) in [7, 11) is 1.56. The molecule has 1 saturated heterocycles. The number of fused-ring (bicyclic) bond motifs is 1. The summed E-state index contributed by atoms with van der Waals surface area (Å²) in [4.78, 5) is 31.4. The first-order valence-electron chi connectivity index (χ1n) is 13.8. The first-order chi connectivity index (χ1) is 19.4. The number of H-pyrrole nitrogens is 1. The molecular formula is C31H36N3O6+. The predicted molar refractivity (Wildman–Crippen MR) is 148 cm³/mol. The molecule has 2 unspecified atom stereocenters. The number of imidazole rings is 1. The summed E-state index contributed by atoms with van der Waals surface area (Å²) in [5.74, 6) is 0.330. The van der Waals surface area contributed by atoms with Crippen molar-refractivity contribution in [2.45, 2.75) is 58.2 Å². The van der Waals surface area contributed by atoms with Gasteiger partial charge in [0.15, 0.2) is 11.5 Å². The summed E-state index contributed by atoms with van der Waals surface area (Å²) in [6.07, 6.45) is 8.86. The van der Waals surface area contributed by atoms with Crippen molar-refractivity contribution in [2.24, 2.45) is 0 Å². The van der Waals surface area contributed by atoms with Gasteiger partial charge in [0.1, 0.15) is 30.0 Å². The van der Waals surface area contributed by atoms with Gasteiger partial charge in [0.25, 0.3) is 11.7 Å². The molecule has 1 amide bonds. The Labute approximate surface area is 234 Å². The summed E-state index contributed by atoms with van der Waals surface area (Å²) in [5.41, 5.74) is 2.16. The molecule has 0 aliphatic carbocycles. The highest BCUT2D eigenvalue weighted by Crippen LogP contribution is 2.43. The molecule has 2 atom stereocenters. The van der Waals surface area contributed by atoms with Crippen molar-refractivity contribution in [1.82, 2.24) is 9.88 Å². The molecule has 3 aromatic rings. The number of nitrogens with zero attached hydrogens (tertiary/aromatic N) is 2. The van der Waals surface area contributed by atoms with Crippen LogP contribution in [0.4, 0.5) is 0 Å². The second-order valence-electron chi connectivity index (χ2n) is 10.3. The molecule has 0 radical (unpaired) electrons. The molecule has 3 heterocycles. The lowest BCUT2D eigenvalue weighted by molar-refractivity contribution is -0.695. The third kappa shape index (κ3) is 5.41. The number of hydrogen-bond acceptors (Lipinski definition) is 6. The van der Waals surface area contributed by atoms with Gasteiger partial charge >= 0.3 is 0 Å². The first-order valence-corrected chi connectivity index (χ1v) is 13.8.